The Morgan fingerprint density at radius 1 is 0.880 bits per heavy atom. The molecular weight excluding hydrogens is 306 g/mol. The van der Waals surface area contributed by atoms with Crippen molar-refractivity contribution in [3.05, 3.63) is 83.8 Å². The summed E-state index contributed by atoms with van der Waals surface area (Å²) >= 11 is 0. The van der Waals surface area contributed by atoms with Crippen LogP contribution >= 0.6 is 0 Å². The average Bonchev–Trinajstić information content (AvgIpc) is 3.03. The van der Waals surface area contributed by atoms with Crippen LogP contribution in [0.2, 0.25) is 0 Å². The number of aromatic nitrogens is 3. The van der Waals surface area contributed by atoms with Crippen molar-refractivity contribution < 1.29 is 9.25 Å². The lowest BCUT2D eigenvalue weighted by Crippen LogP contribution is -2.39. The predicted octanol–water partition coefficient (Wildman–Crippen LogP) is 3.66. The Labute approximate surface area is 148 Å². The summed E-state index contributed by atoms with van der Waals surface area (Å²) in [6, 6.07) is 19.5. The normalized spacial score (nSPS) is 11.2. The Balaban J connectivity index is 2.07. The minimum absolute atomic E-state index is 1.21. The van der Waals surface area contributed by atoms with Gasteiger partial charge in [0.15, 0.2) is 18.9 Å². The van der Waals surface area contributed by atoms with E-state index in [1.54, 1.807) is 0 Å². The lowest BCUT2D eigenvalue weighted by atomic mass is 10.1. The highest BCUT2D eigenvalue weighted by Crippen LogP contribution is 2.22. The summed E-state index contributed by atoms with van der Waals surface area (Å²) in [5.74, 6) is 0. The van der Waals surface area contributed by atoms with Crippen LogP contribution in [0.25, 0.3) is 22.3 Å². The summed E-state index contributed by atoms with van der Waals surface area (Å²) in [4.78, 5) is 0. The standard InChI is InChI=1S/C22H23N3/c1-16-14-21(24-13-7-12-23(24)4)18(3)22(15-16)25-17(2)10-11-19-8-5-6-9-20(19)25/h5-15H,1-4H3/q+2. The second-order valence-corrected chi connectivity index (χ2v) is 6.71. The van der Waals surface area contributed by atoms with Crippen LogP contribution in [0.5, 0.6) is 0 Å². The van der Waals surface area contributed by atoms with Crippen LogP contribution in [0, 0.1) is 20.8 Å². The van der Waals surface area contributed by atoms with Crippen LogP contribution in [-0.4, -0.2) is 4.68 Å². The quantitative estimate of drug-likeness (QED) is 0.498. The van der Waals surface area contributed by atoms with Gasteiger partial charge in [-0.2, -0.15) is 4.57 Å². The molecule has 0 aliphatic carbocycles. The van der Waals surface area contributed by atoms with E-state index in [-0.39, 0.29) is 0 Å². The van der Waals surface area contributed by atoms with E-state index in [0.29, 0.717) is 0 Å². The lowest BCUT2D eigenvalue weighted by Gasteiger charge is -2.11. The van der Waals surface area contributed by atoms with Gasteiger partial charge in [-0.05, 0) is 37.6 Å². The fraction of sp³-hybridized carbons (Fsp3) is 0.182. The van der Waals surface area contributed by atoms with Crippen molar-refractivity contribution in [2.24, 2.45) is 7.05 Å². The molecule has 0 spiro atoms. The highest BCUT2D eigenvalue weighted by Gasteiger charge is 2.22. The Morgan fingerprint density at radius 3 is 2.44 bits per heavy atom. The highest BCUT2D eigenvalue weighted by atomic mass is 15.4. The molecule has 0 radical (unpaired) electrons. The Morgan fingerprint density at radius 2 is 1.68 bits per heavy atom. The monoisotopic (exact) mass is 329 g/mol. The first kappa shape index (κ1) is 15.6. The summed E-state index contributed by atoms with van der Waals surface area (Å²) in [6.07, 6.45) is 4.17. The number of hydrogen-bond donors (Lipinski definition) is 0. The molecular formula is C22H23N3+2. The molecule has 0 aliphatic heterocycles. The fourth-order valence-electron chi connectivity index (χ4n) is 3.59. The van der Waals surface area contributed by atoms with E-state index in [9.17, 15) is 0 Å². The minimum Gasteiger partial charge on any atom is -0.157 e. The Bertz CT molecular complexity index is 1090. The second kappa shape index (κ2) is 5.85. The molecule has 4 rings (SSSR count). The molecule has 2 aromatic carbocycles. The third-order valence-corrected chi connectivity index (χ3v) is 4.89. The maximum atomic E-state index is 2.37. The molecule has 25 heavy (non-hydrogen) atoms. The number of pyridine rings is 1. The van der Waals surface area contributed by atoms with Crippen molar-refractivity contribution >= 4 is 10.9 Å². The molecule has 0 fully saturated rings. The Hall–Kier alpha value is -2.94. The zero-order chi connectivity index (χ0) is 17.6. The second-order valence-electron chi connectivity index (χ2n) is 6.71. The first-order valence-corrected chi connectivity index (χ1v) is 8.62. The fourth-order valence-corrected chi connectivity index (χ4v) is 3.59. The van der Waals surface area contributed by atoms with E-state index in [4.69, 9.17) is 0 Å². The molecule has 0 saturated heterocycles. The maximum Gasteiger partial charge on any atom is 0.218 e. The molecule has 0 bridgehead atoms. The largest absolute Gasteiger partial charge is 0.218 e. The van der Waals surface area contributed by atoms with Gasteiger partial charge in [-0.15, -0.1) is 9.36 Å². The molecule has 0 atom stereocenters. The number of fused-ring (bicyclic) bond motifs is 1. The van der Waals surface area contributed by atoms with Gasteiger partial charge in [-0.25, -0.2) is 0 Å². The van der Waals surface area contributed by atoms with Crippen molar-refractivity contribution in [3.63, 3.8) is 0 Å². The lowest BCUT2D eigenvalue weighted by molar-refractivity contribution is -0.744. The summed E-state index contributed by atoms with van der Waals surface area (Å²) in [5, 5.41) is 1.25. The van der Waals surface area contributed by atoms with Gasteiger partial charge in [0.2, 0.25) is 11.2 Å². The zero-order valence-electron chi connectivity index (χ0n) is 15.2. The minimum atomic E-state index is 1.21. The molecule has 124 valence electrons. The molecule has 3 nitrogen and oxygen atoms in total. The van der Waals surface area contributed by atoms with Gasteiger partial charge < -0.3 is 0 Å². The molecule has 2 aromatic heterocycles. The number of para-hydroxylation sites is 1. The van der Waals surface area contributed by atoms with Crippen LogP contribution < -0.4 is 9.25 Å². The molecule has 4 aromatic rings. The summed E-state index contributed by atoms with van der Waals surface area (Å²) in [6.45, 7) is 6.54. The van der Waals surface area contributed by atoms with Crippen molar-refractivity contribution in [1.82, 2.24) is 4.68 Å². The Kier molecular flexibility index (Phi) is 3.65. The molecule has 0 N–H and O–H groups in total. The van der Waals surface area contributed by atoms with Crippen LogP contribution in [0.4, 0.5) is 0 Å². The van der Waals surface area contributed by atoms with E-state index in [1.165, 1.54) is 39.1 Å². The van der Waals surface area contributed by atoms with E-state index >= 15 is 0 Å². The summed E-state index contributed by atoms with van der Waals surface area (Å²) in [7, 11) is 2.07. The van der Waals surface area contributed by atoms with Crippen LogP contribution in [-0.2, 0) is 7.05 Å². The third-order valence-electron chi connectivity index (χ3n) is 4.89. The molecule has 0 unspecified atom stereocenters. The first-order valence-electron chi connectivity index (χ1n) is 8.62. The van der Waals surface area contributed by atoms with Gasteiger partial charge in [0, 0.05) is 36.6 Å². The molecule has 0 aliphatic rings. The van der Waals surface area contributed by atoms with E-state index in [2.05, 4.69) is 109 Å². The smallest absolute Gasteiger partial charge is 0.157 e. The van der Waals surface area contributed by atoms with Crippen molar-refractivity contribution in [3.8, 4) is 11.4 Å². The van der Waals surface area contributed by atoms with Gasteiger partial charge >= 0.3 is 0 Å². The summed E-state index contributed by atoms with van der Waals surface area (Å²) in [5.41, 5.74) is 7.43. The van der Waals surface area contributed by atoms with Crippen LogP contribution in [0.3, 0.4) is 0 Å². The van der Waals surface area contributed by atoms with Crippen LogP contribution in [0.1, 0.15) is 16.8 Å². The first-order chi connectivity index (χ1) is 12.1. The molecule has 2 heterocycles. The van der Waals surface area contributed by atoms with E-state index in [0.717, 1.165) is 0 Å². The molecule has 0 amide bonds. The van der Waals surface area contributed by atoms with Gasteiger partial charge in [-0.1, -0.05) is 12.1 Å². The van der Waals surface area contributed by atoms with Gasteiger partial charge in [-0.3, -0.25) is 0 Å². The van der Waals surface area contributed by atoms with Crippen molar-refractivity contribution in [2.75, 3.05) is 0 Å². The van der Waals surface area contributed by atoms with Gasteiger partial charge in [0.1, 0.15) is 5.69 Å². The zero-order valence-corrected chi connectivity index (χ0v) is 15.2. The topological polar surface area (TPSA) is 12.7 Å². The van der Waals surface area contributed by atoms with Crippen LogP contribution in [0.15, 0.2) is 67.0 Å². The maximum absolute atomic E-state index is 2.37. The number of nitrogens with zero attached hydrogens (tertiary/aromatic N) is 3. The summed E-state index contributed by atoms with van der Waals surface area (Å²) < 4.78 is 6.66. The molecule has 0 saturated carbocycles. The SMILES string of the molecule is Cc1cc(-n2ccc[n+]2C)c(C)c(-[n+]2c(C)ccc3ccccc32)c1. The number of benzene rings is 2. The number of rotatable bonds is 2. The number of aryl methyl sites for hydroxylation is 3. The molecule has 3 heteroatoms. The van der Waals surface area contributed by atoms with Gasteiger partial charge in [0.05, 0.1) is 11.8 Å². The van der Waals surface area contributed by atoms with Crippen molar-refractivity contribution in [2.45, 2.75) is 20.8 Å². The van der Waals surface area contributed by atoms with Gasteiger partial charge in [0.25, 0.3) is 0 Å². The van der Waals surface area contributed by atoms with E-state index < -0.39 is 0 Å². The van der Waals surface area contributed by atoms with E-state index in [1.807, 2.05) is 0 Å². The van der Waals surface area contributed by atoms with Crippen molar-refractivity contribution in [1.29, 1.82) is 0 Å². The third kappa shape index (κ3) is 2.52. The predicted molar refractivity (Wildman–Crippen MR) is 100 cm³/mol. The highest BCUT2D eigenvalue weighted by molar-refractivity contribution is 5.76. The average molecular weight is 329 g/mol. The number of hydrogen-bond acceptors (Lipinski definition) is 0.